The Labute approximate surface area is 155 Å². The highest BCUT2D eigenvalue weighted by Crippen LogP contribution is 2.09. The van der Waals surface area contributed by atoms with Gasteiger partial charge in [-0.2, -0.15) is 0 Å². The molecule has 2 heteroatoms. The van der Waals surface area contributed by atoms with Crippen LogP contribution in [0.4, 0.5) is 0 Å². The average Bonchev–Trinajstić information content (AvgIpc) is 2.58. The van der Waals surface area contributed by atoms with Gasteiger partial charge in [-0.25, -0.2) is 0 Å². The molecule has 0 aliphatic carbocycles. The molecule has 0 rings (SSSR count). The van der Waals surface area contributed by atoms with Gasteiger partial charge in [0.05, 0.1) is 0 Å². The summed E-state index contributed by atoms with van der Waals surface area (Å²) in [5.74, 6) is 0. The van der Waals surface area contributed by atoms with E-state index in [4.69, 9.17) is 0 Å². The van der Waals surface area contributed by atoms with E-state index >= 15 is 0 Å². The summed E-state index contributed by atoms with van der Waals surface area (Å²) in [5, 5.41) is 6.36. The molecule has 0 atom stereocenters. The lowest BCUT2D eigenvalue weighted by atomic mass is 10.1. The lowest BCUT2D eigenvalue weighted by Crippen LogP contribution is -2.16. The van der Waals surface area contributed by atoms with Crippen molar-refractivity contribution in [3.05, 3.63) is 0 Å². The van der Waals surface area contributed by atoms with Gasteiger partial charge < -0.3 is 10.6 Å². The van der Waals surface area contributed by atoms with Crippen LogP contribution in [0.5, 0.6) is 0 Å². The summed E-state index contributed by atoms with van der Waals surface area (Å²) in [7, 11) is 3.75. The summed E-state index contributed by atoms with van der Waals surface area (Å²) in [4.78, 5) is 0. The van der Waals surface area contributed by atoms with Gasteiger partial charge in [0.15, 0.2) is 0 Å². The maximum Gasteiger partial charge on any atom is -0.00489 e. The third-order valence-electron chi connectivity index (χ3n) is 4.41. The van der Waals surface area contributed by atoms with Crippen molar-refractivity contribution in [1.29, 1.82) is 0 Å². The summed E-state index contributed by atoms with van der Waals surface area (Å²) < 4.78 is 0. The highest BCUT2D eigenvalue weighted by Gasteiger charge is 1.93. The smallest absolute Gasteiger partial charge is 0.00489 e. The Balaban J connectivity index is 0. The number of hydrogen-bond donors (Lipinski definition) is 2. The Bertz CT molecular complexity index is 165. The lowest BCUT2D eigenvalue weighted by Gasteiger charge is -2.05. The third-order valence-corrected chi connectivity index (χ3v) is 4.41. The van der Waals surface area contributed by atoms with Crippen molar-refractivity contribution in [2.24, 2.45) is 0 Å². The van der Waals surface area contributed by atoms with Crippen molar-refractivity contribution < 1.29 is 0 Å². The molecule has 0 bridgehead atoms. The number of nitrogens with one attached hydrogen (secondary N) is 2. The van der Waals surface area contributed by atoms with Gasteiger partial charge in [-0.1, -0.05) is 104 Å². The average molecular weight is 343 g/mol. The van der Waals surface area contributed by atoms with Crippen LogP contribution in [0.15, 0.2) is 0 Å². The van der Waals surface area contributed by atoms with Crippen LogP contribution >= 0.6 is 0 Å². The number of unbranched alkanes of at least 4 members (excludes halogenated alkanes) is 14. The van der Waals surface area contributed by atoms with Gasteiger partial charge >= 0.3 is 0 Å². The standard InChI is InChI=1S/C20H43N.C2H7N/c1-3-5-7-9-11-13-15-17-19-21-20-18-16-14-12-10-8-6-4-2;1-3-2/h21H,3-20H2,1-2H3;3H,1-2H3. The van der Waals surface area contributed by atoms with Gasteiger partial charge in [-0.15, -0.1) is 0 Å². The molecule has 0 fully saturated rings. The quantitative estimate of drug-likeness (QED) is 0.271. The van der Waals surface area contributed by atoms with Gasteiger partial charge in [0.25, 0.3) is 0 Å². The van der Waals surface area contributed by atoms with Crippen LogP contribution in [-0.2, 0) is 0 Å². The van der Waals surface area contributed by atoms with Crippen LogP contribution in [-0.4, -0.2) is 27.2 Å². The Hall–Kier alpha value is -0.0800. The largest absolute Gasteiger partial charge is 0.323 e. The molecule has 0 saturated heterocycles. The minimum absolute atomic E-state index is 1.24. The fraction of sp³-hybridized carbons (Fsp3) is 1.00. The van der Waals surface area contributed by atoms with E-state index in [1.807, 2.05) is 14.1 Å². The van der Waals surface area contributed by atoms with E-state index in [1.165, 1.54) is 116 Å². The molecule has 2 N–H and O–H groups in total. The summed E-state index contributed by atoms with van der Waals surface area (Å²) in [6.45, 7) is 7.06. The second-order valence-corrected chi connectivity index (χ2v) is 7.20. The minimum atomic E-state index is 1.24. The normalized spacial score (nSPS) is 10.5. The van der Waals surface area contributed by atoms with Crippen molar-refractivity contribution >= 4 is 0 Å². The van der Waals surface area contributed by atoms with Gasteiger partial charge in [0.1, 0.15) is 0 Å². The second-order valence-electron chi connectivity index (χ2n) is 7.20. The van der Waals surface area contributed by atoms with Gasteiger partial charge in [0.2, 0.25) is 0 Å². The summed E-state index contributed by atoms with van der Waals surface area (Å²) in [6, 6.07) is 0. The van der Waals surface area contributed by atoms with E-state index in [9.17, 15) is 0 Å². The van der Waals surface area contributed by atoms with E-state index in [-0.39, 0.29) is 0 Å². The second kappa shape index (κ2) is 27.8. The molecule has 0 aromatic carbocycles. The molecule has 0 spiro atoms. The Kier molecular flexibility index (Phi) is 30.2. The molecule has 0 aliphatic heterocycles. The Morgan fingerprint density at radius 1 is 0.417 bits per heavy atom. The van der Waals surface area contributed by atoms with E-state index < -0.39 is 0 Å². The molecule has 0 aromatic heterocycles. The zero-order valence-electron chi connectivity index (χ0n) is 17.7. The number of hydrogen-bond acceptors (Lipinski definition) is 2. The van der Waals surface area contributed by atoms with Gasteiger partial charge in [-0.05, 0) is 40.0 Å². The molecule has 0 aliphatic rings. The maximum atomic E-state index is 3.61. The van der Waals surface area contributed by atoms with Gasteiger partial charge in [0, 0.05) is 0 Å². The fourth-order valence-corrected chi connectivity index (χ4v) is 2.89. The van der Waals surface area contributed by atoms with Crippen LogP contribution < -0.4 is 10.6 Å². The van der Waals surface area contributed by atoms with Crippen LogP contribution in [0.2, 0.25) is 0 Å². The van der Waals surface area contributed by atoms with Crippen LogP contribution in [0.25, 0.3) is 0 Å². The molecule has 0 unspecified atom stereocenters. The first-order valence-corrected chi connectivity index (χ1v) is 11.1. The molecule has 0 amide bonds. The van der Waals surface area contributed by atoms with E-state index in [1.54, 1.807) is 0 Å². The molecule has 0 saturated carbocycles. The summed E-state index contributed by atoms with van der Waals surface area (Å²) in [5.41, 5.74) is 0. The Morgan fingerprint density at radius 2 is 0.667 bits per heavy atom. The predicted octanol–water partition coefficient (Wildman–Crippen LogP) is 6.69. The first-order valence-electron chi connectivity index (χ1n) is 11.1. The Morgan fingerprint density at radius 3 is 0.958 bits per heavy atom. The zero-order valence-corrected chi connectivity index (χ0v) is 17.7. The highest BCUT2D eigenvalue weighted by molar-refractivity contribution is 4.52. The van der Waals surface area contributed by atoms with Crippen LogP contribution in [0, 0.1) is 0 Å². The molecular formula is C22H50N2. The van der Waals surface area contributed by atoms with E-state index in [0.29, 0.717) is 0 Å². The number of rotatable bonds is 18. The highest BCUT2D eigenvalue weighted by atomic mass is 14.8. The minimum Gasteiger partial charge on any atom is -0.323 e. The zero-order chi connectivity index (χ0) is 18.1. The molecular weight excluding hydrogens is 292 g/mol. The molecule has 0 aromatic rings. The molecule has 0 radical (unpaired) electrons. The topological polar surface area (TPSA) is 24.1 Å². The van der Waals surface area contributed by atoms with Crippen molar-refractivity contribution in [3.63, 3.8) is 0 Å². The summed E-state index contributed by atoms with van der Waals surface area (Å²) in [6.07, 6.45) is 22.8. The monoisotopic (exact) mass is 342 g/mol. The van der Waals surface area contributed by atoms with Gasteiger partial charge in [-0.3, -0.25) is 0 Å². The summed E-state index contributed by atoms with van der Waals surface area (Å²) >= 11 is 0. The first-order chi connectivity index (χ1) is 11.8. The van der Waals surface area contributed by atoms with Crippen molar-refractivity contribution in [1.82, 2.24) is 10.6 Å². The predicted molar refractivity (Wildman–Crippen MR) is 113 cm³/mol. The van der Waals surface area contributed by atoms with Crippen LogP contribution in [0.1, 0.15) is 117 Å². The fourth-order valence-electron chi connectivity index (χ4n) is 2.89. The molecule has 24 heavy (non-hydrogen) atoms. The van der Waals surface area contributed by atoms with E-state index in [2.05, 4.69) is 24.5 Å². The maximum absolute atomic E-state index is 3.61. The molecule has 0 heterocycles. The van der Waals surface area contributed by atoms with E-state index in [0.717, 1.165) is 0 Å². The lowest BCUT2D eigenvalue weighted by molar-refractivity contribution is 0.532. The third kappa shape index (κ3) is 29.9. The molecule has 148 valence electrons. The van der Waals surface area contributed by atoms with Crippen molar-refractivity contribution in [2.75, 3.05) is 27.2 Å². The van der Waals surface area contributed by atoms with Crippen LogP contribution in [0.3, 0.4) is 0 Å². The first kappa shape index (κ1) is 26.2. The van der Waals surface area contributed by atoms with Crippen molar-refractivity contribution in [2.45, 2.75) is 117 Å². The van der Waals surface area contributed by atoms with Crippen molar-refractivity contribution in [3.8, 4) is 0 Å². The molecule has 2 nitrogen and oxygen atoms in total. The SMILES string of the molecule is CCCCCCCCCCNCCCCCCCCCC.CNC.